The van der Waals surface area contributed by atoms with Crippen LogP contribution in [0.2, 0.25) is 5.02 Å². The van der Waals surface area contributed by atoms with Crippen molar-refractivity contribution >= 4 is 33.2 Å². The Morgan fingerprint density at radius 2 is 1.80 bits per heavy atom. The van der Waals surface area contributed by atoms with Crippen molar-refractivity contribution in [1.29, 1.82) is 0 Å². The summed E-state index contributed by atoms with van der Waals surface area (Å²) >= 11 is 9.74. The number of halogens is 2. The molecule has 106 valence electrons. The molecule has 0 amide bonds. The van der Waals surface area contributed by atoms with Crippen molar-refractivity contribution in [3.63, 3.8) is 0 Å². The first-order valence-electron chi connectivity index (χ1n) is 6.79. The molecule has 0 bridgehead atoms. The number of benzene rings is 2. The smallest absolute Gasteiger partial charge is 0.0500 e. The molecular formula is C17H19BrClN. The summed E-state index contributed by atoms with van der Waals surface area (Å²) in [5.74, 6) is 0.531. The van der Waals surface area contributed by atoms with Crippen molar-refractivity contribution in [2.24, 2.45) is 0 Å². The van der Waals surface area contributed by atoms with Crippen molar-refractivity contribution < 1.29 is 0 Å². The average molecular weight is 353 g/mol. The zero-order valence-electron chi connectivity index (χ0n) is 12.0. The first-order chi connectivity index (χ1) is 9.47. The molecule has 2 rings (SSSR count). The summed E-state index contributed by atoms with van der Waals surface area (Å²) < 4.78 is 1.00. The minimum absolute atomic E-state index is 0.165. The first-order valence-corrected chi connectivity index (χ1v) is 7.96. The highest BCUT2D eigenvalue weighted by molar-refractivity contribution is 9.10. The molecule has 0 radical (unpaired) electrons. The zero-order valence-corrected chi connectivity index (χ0v) is 14.3. The fraction of sp³-hybridized carbons (Fsp3) is 0.294. The van der Waals surface area contributed by atoms with E-state index in [4.69, 9.17) is 11.6 Å². The van der Waals surface area contributed by atoms with E-state index in [1.807, 2.05) is 12.1 Å². The summed E-state index contributed by atoms with van der Waals surface area (Å²) in [6.07, 6.45) is 0. The maximum Gasteiger partial charge on any atom is 0.0500 e. The van der Waals surface area contributed by atoms with Crippen LogP contribution in [0.15, 0.2) is 46.9 Å². The number of hydrogen-bond acceptors (Lipinski definition) is 1. The highest BCUT2D eigenvalue weighted by Crippen LogP contribution is 2.29. The molecule has 2 aromatic rings. The Balaban J connectivity index is 2.19. The molecule has 0 spiro atoms. The van der Waals surface area contributed by atoms with Crippen molar-refractivity contribution in [3.05, 3.63) is 63.1 Å². The SMILES string of the molecule is CC(C)c1cccc(NC(C)c2ccc(Br)cc2Cl)c1. The van der Waals surface area contributed by atoms with Gasteiger partial charge in [-0.25, -0.2) is 0 Å². The van der Waals surface area contributed by atoms with Gasteiger partial charge < -0.3 is 5.32 Å². The molecule has 0 heterocycles. The van der Waals surface area contributed by atoms with Crippen LogP contribution >= 0.6 is 27.5 Å². The third-order valence-electron chi connectivity index (χ3n) is 3.37. The number of hydrogen-bond donors (Lipinski definition) is 1. The molecule has 1 atom stereocenters. The maximum absolute atomic E-state index is 6.30. The fourth-order valence-electron chi connectivity index (χ4n) is 2.17. The Kier molecular flexibility index (Phi) is 5.11. The third kappa shape index (κ3) is 3.77. The van der Waals surface area contributed by atoms with Crippen LogP contribution in [0.4, 0.5) is 5.69 Å². The van der Waals surface area contributed by atoms with Crippen LogP contribution in [0.5, 0.6) is 0 Å². The lowest BCUT2D eigenvalue weighted by atomic mass is 10.0. The zero-order chi connectivity index (χ0) is 14.7. The number of anilines is 1. The molecule has 0 aliphatic carbocycles. The Morgan fingerprint density at radius 1 is 1.05 bits per heavy atom. The average Bonchev–Trinajstić information content (AvgIpc) is 2.38. The predicted octanol–water partition coefficient (Wildman–Crippen LogP) is 6.40. The highest BCUT2D eigenvalue weighted by Gasteiger charge is 2.10. The molecule has 1 nitrogen and oxygen atoms in total. The van der Waals surface area contributed by atoms with E-state index in [9.17, 15) is 0 Å². The van der Waals surface area contributed by atoms with Crippen LogP contribution in [-0.2, 0) is 0 Å². The topological polar surface area (TPSA) is 12.0 Å². The van der Waals surface area contributed by atoms with E-state index in [1.54, 1.807) is 0 Å². The molecule has 0 saturated carbocycles. The van der Waals surface area contributed by atoms with Gasteiger partial charge in [-0.15, -0.1) is 0 Å². The molecule has 1 unspecified atom stereocenters. The summed E-state index contributed by atoms with van der Waals surface area (Å²) in [6.45, 7) is 6.53. The van der Waals surface area contributed by atoms with Crippen molar-refractivity contribution in [1.82, 2.24) is 0 Å². The van der Waals surface area contributed by atoms with Gasteiger partial charge >= 0.3 is 0 Å². The third-order valence-corrected chi connectivity index (χ3v) is 4.19. The van der Waals surface area contributed by atoms with Gasteiger partial charge in [0.2, 0.25) is 0 Å². The Morgan fingerprint density at radius 3 is 2.45 bits per heavy atom. The fourth-order valence-corrected chi connectivity index (χ4v) is 3.01. The lowest BCUT2D eigenvalue weighted by Gasteiger charge is -2.18. The van der Waals surface area contributed by atoms with Gasteiger partial charge in [0.25, 0.3) is 0 Å². The van der Waals surface area contributed by atoms with E-state index < -0.39 is 0 Å². The molecule has 0 aromatic heterocycles. The molecule has 3 heteroatoms. The van der Waals surface area contributed by atoms with E-state index in [0.717, 1.165) is 20.7 Å². The van der Waals surface area contributed by atoms with Gasteiger partial charge in [0.1, 0.15) is 0 Å². The van der Waals surface area contributed by atoms with Gasteiger partial charge in [-0.05, 0) is 48.2 Å². The number of rotatable bonds is 4. The number of nitrogens with one attached hydrogen (secondary N) is 1. The second kappa shape index (κ2) is 6.64. The summed E-state index contributed by atoms with van der Waals surface area (Å²) in [7, 11) is 0. The van der Waals surface area contributed by atoms with E-state index in [1.165, 1.54) is 5.56 Å². The van der Waals surface area contributed by atoms with Crippen LogP contribution in [0.25, 0.3) is 0 Å². The van der Waals surface area contributed by atoms with Gasteiger partial charge in [-0.2, -0.15) is 0 Å². The largest absolute Gasteiger partial charge is 0.378 e. The monoisotopic (exact) mass is 351 g/mol. The lowest BCUT2D eigenvalue weighted by Crippen LogP contribution is -2.07. The van der Waals surface area contributed by atoms with Crippen LogP contribution < -0.4 is 5.32 Å². The summed E-state index contributed by atoms with van der Waals surface area (Å²) in [4.78, 5) is 0. The summed E-state index contributed by atoms with van der Waals surface area (Å²) in [5, 5.41) is 4.29. The Hall–Kier alpha value is -0.990. The van der Waals surface area contributed by atoms with E-state index in [0.29, 0.717) is 5.92 Å². The van der Waals surface area contributed by atoms with E-state index in [-0.39, 0.29) is 6.04 Å². The van der Waals surface area contributed by atoms with Crippen molar-refractivity contribution in [2.75, 3.05) is 5.32 Å². The van der Waals surface area contributed by atoms with Gasteiger partial charge in [-0.3, -0.25) is 0 Å². The molecule has 0 aliphatic rings. The maximum atomic E-state index is 6.30. The van der Waals surface area contributed by atoms with Gasteiger partial charge in [0.15, 0.2) is 0 Å². The summed E-state index contributed by atoms with van der Waals surface area (Å²) in [5.41, 5.74) is 3.57. The van der Waals surface area contributed by atoms with Crippen molar-refractivity contribution in [3.8, 4) is 0 Å². The van der Waals surface area contributed by atoms with Crippen LogP contribution in [0, 0.1) is 0 Å². The van der Waals surface area contributed by atoms with Gasteiger partial charge in [0.05, 0.1) is 0 Å². The molecular weight excluding hydrogens is 334 g/mol. The molecule has 2 aromatic carbocycles. The molecule has 20 heavy (non-hydrogen) atoms. The quantitative estimate of drug-likeness (QED) is 0.671. The van der Waals surface area contributed by atoms with Crippen LogP contribution in [0.3, 0.4) is 0 Å². The van der Waals surface area contributed by atoms with E-state index >= 15 is 0 Å². The molecule has 0 saturated heterocycles. The highest BCUT2D eigenvalue weighted by atomic mass is 79.9. The summed E-state index contributed by atoms with van der Waals surface area (Å²) in [6, 6.07) is 14.7. The van der Waals surface area contributed by atoms with Crippen molar-refractivity contribution in [2.45, 2.75) is 32.7 Å². The van der Waals surface area contributed by atoms with Crippen LogP contribution in [0.1, 0.15) is 43.9 Å². The molecule has 0 aliphatic heterocycles. The van der Waals surface area contributed by atoms with Gasteiger partial charge in [-0.1, -0.05) is 59.6 Å². The standard InChI is InChI=1S/C17H19BrClN/c1-11(2)13-5-4-6-15(9-13)20-12(3)16-8-7-14(18)10-17(16)19/h4-12,20H,1-3H3. The molecule has 1 N–H and O–H groups in total. The predicted molar refractivity (Wildman–Crippen MR) is 91.7 cm³/mol. The lowest BCUT2D eigenvalue weighted by molar-refractivity contribution is 0.858. The second-order valence-electron chi connectivity index (χ2n) is 5.31. The Bertz CT molecular complexity index is 595. The minimum Gasteiger partial charge on any atom is -0.378 e. The van der Waals surface area contributed by atoms with Crippen LogP contribution in [-0.4, -0.2) is 0 Å². The normalized spacial score (nSPS) is 12.5. The van der Waals surface area contributed by atoms with E-state index in [2.05, 4.69) is 72.3 Å². The van der Waals surface area contributed by atoms with Gasteiger partial charge in [0, 0.05) is 21.2 Å². The minimum atomic E-state index is 0.165. The first kappa shape index (κ1) is 15.4. The second-order valence-corrected chi connectivity index (χ2v) is 6.63. The Labute approximate surface area is 134 Å². The molecule has 0 fully saturated rings.